The smallest absolute Gasteiger partial charge is 0.238 e. The summed E-state index contributed by atoms with van der Waals surface area (Å²) >= 11 is 0. The standard InChI is InChI=1S/C27H23N3O2/c31-25(19-29-26(20-11-3-1-4-12-20)24-17-9-10-18-28-24)30-23-16-8-7-15-22(23)27(32)21-13-5-2-6-14-21/h1-18,26,29H,19H2,(H,30,31). The summed E-state index contributed by atoms with van der Waals surface area (Å²) in [7, 11) is 0. The maximum absolute atomic E-state index is 12.9. The van der Waals surface area contributed by atoms with Crippen LogP contribution in [0.3, 0.4) is 0 Å². The summed E-state index contributed by atoms with van der Waals surface area (Å²) in [5, 5.41) is 6.17. The third-order valence-corrected chi connectivity index (χ3v) is 5.06. The van der Waals surface area contributed by atoms with Crippen molar-refractivity contribution in [1.82, 2.24) is 10.3 Å². The zero-order chi connectivity index (χ0) is 22.2. The molecule has 1 aromatic heterocycles. The molecule has 0 aliphatic heterocycles. The van der Waals surface area contributed by atoms with Crippen molar-refractivity contribution in [2.24, 2.45) is 0 Å². The normalized spacial score (nSPS) is 11.5. The Bertz CT molecular complexity index is 1140. The predicted molar refractivity (Wildman–Crippen MR) is 125 cm³/mol. The monoisotopic (exact) mass is 421 g/mol. The van der Waals surface area contributed by atoms with Gasteiger partial charge in [-0.05, 0) is 29.8 Å². The van der Waals surface area contributed by atoms with E-state index in [0.29, 0.717) is 16.8 Å². The lowest BCUT2D eigenvalue weighted by molar-refractivity contribution is -0.115. The number of para-hydroxylation sites is 1. The molecule has 0 saturated heterocycles. The quantitative estimate of drug-likeness (QED) is 0.407. The number of rotatable bonds is 8. The highest BCUT2D eigenvalue weighted by molar-refractivity contribution is 6.13. The summed E-state index contributed by atoms with van der Waals surface area (Å²) in [5.74, 6) is -0.375. The highest BCUT2D eigenvalue weighted by atomic mass is 16.2. The summed E-state index contributed by atoms with van der Waals surface area (Å²) in [6.07, 6.45) is 1.73. The molecule has 2 N–H and O–H groups in total. The molecule has 1 amide bonds. The largest absolute Gasteiger partial charge is 0.324 e. The molecule has 158 valence electrons. The number of hydrogen-bond donors (Lipinski definition) is 2. The van der Waals surface area contributed by atoms with Crippen LogP contribution in [0.4, 0.5) is 5.69 Å². The zero-order valence-electron chi connectivity index (χ0n) is 17.4. The molecule has 5 nitrogen and oxygen atoms in total. The van der Waals surface area contributed by atoms with Gasteiger partial charge in [-0.3, -0.25) is 19.9 Å². The lowest BCUT2D eigenvalue weighted by Gasteiger charge is -2.19. The molecule has 4 rings (SSSR count). The number of pyridine rings is 1. The summed E-state index contributed by atoms with van der Waals surface area (Å²) in [6, 6.07) is 31.4. The maximum atomic E-state index is 12.9. The van der Waals surface area contributed by atoms with Gasteiger partial charge in [0.15, 0.2) is 5.78 Å². The molecular weight excluding hydrogens is 398 g/mol. The van der Waals surface area contributed by atoms with E-state index in [9.17, 15) is 9.59 Å². The van der Waals surface area contributed by atoms with Gasteiger partial charge < -0.3 is 5.32 Å². The fourth-order valence-electron chi connectivity index (χ4n) is 3.51. The van der Waals surface area contributed by atoms with Crippen LogP contribution in [0.25, 0.3) is 0 Å². The van der Waals surface area contributed by atoms with Crippen molar-refractivity contribution in [2.75, 3.05) is 11.9 Å². The SMILES string of the molecule is O=C(CNC(c1ccccc1)c1ccccn1)Nc1ccccc1C(=O)c1ccccc1. The van der Waals surface area contributed by atoms with E-state index in [0.717, 1.165) is 11.3 Å². The third kappa shape index (κ3) is 5.14. The molecule has 0 saturated carbocycles. The lowest BCUT2D eigenvalue weighted by atomic mass is 10.0. The number of anilines is 1. The van der Waals surface area contributed by atoms with Gasteiger partial charge >= 0.3 is 0 Å². The van der Waals surface area contributed by atoms with E-state index in [1.165, 1.54) is 0 Å². The Hall–Kier alpha value is -4.09. The molecule has 0 bridgehead atoms. The Balaban J connectivity index is 1.49. The van der Waals surface area contributed by atoms with Crippen LogP contribution in [0.5, 0.6) is 0 Å². The van der Waals surface area contributed by atoms with Gasteiger partial charge in [0, 0.05) is 17.3 Å². The second kappa shape index (κ2) is 10.3. The molecule has 0 fully saturated rings. The summed E-state index contributed by atoms with van der Waals surface area (Å²) in [6.45, 7) is 0.0595. The molecule has 0 spiro atoms. The van der Waals surface area contributed by atoms with Crippen molar-refractivity contribution in [3.05, 3.63) is 132 Å². The second-order valence-corrected chi connectivity index (χ2v) is 7.27. The van der Waals surface area contributed by atoms with E-state index in [2.05, 4.69) is 15.6 Å². The average Bonchev–Trinajstić information content (AvgIpc) is 2.86. The van der Waals surface area contributed by atoms with Crippen LogP contribution in [0, 0.1) is 0 Å². The molecule has 1 atom stereocenters. The van der Waals surface area contributed by atoms with Gasteiger partial charge in [-0.15, -0.1) is 0 Å². The minimum Gasteiger partial charge on any atom is -0.324 e. The number of benzene rings is 3. The van der Waals surface area contributed by atoms with Crippen LogP contribution in [0.15, 0.2) is 109 Å². The first-order valence-corrected chi connectivity index (χ1v) is 10.4. The van der Waals surface area contributed by atoms with E-state index in [4.69, 9.17) is 0 Å². The predicted octanol–water partition coefficient (Wildman–Crippen LogP) is 4.63. The molecular formula is C27H23N3O2. The van der Waals surface area contributed by atoms with Crippen molar-refractivity contribution in [1.29, 1.82) is 0 Å². The first kappa shape index (κ1) is 21.2. The number of aromatic nitrogens is 1. The Morgan fingerprint density at radius 1 is 0.750 bits per heavy atom. The Labute approximate surface area is 187 Å². The van der Waals surface area contributed by atoms with Crippen molar-refractivity contribution in [3.63, 3.8) is 0 Å². The topological polar surface area (TPSA) is 71.1 Å². The Kier molecular flexibility index (Phi) is 6.80. The molecule has 0 aliphatic rings. The van der Waals surface area contributed by atoms with Gasteiger partial charge in [0.05, 0.1) is 24.0 Å². The van der Waals surface area contributed by atoms with Crippen LogP contribution in [-0.4, -0.2) is 23.2 Å². The van der Waals surface area contributed by atoms with Crippen molar-refractivity contribution >= 4 is 17.4 Å². The first-order chi connectivity index (χ1) is 15.7. The number of hydrogen-bond acceptors (Lipinski definition) is 4. The number of nitrogens with zero attached hydrogens (tertiary/aromatic N) is 1. The van der Waals surface area contributed by atoms with E-state index in [1.54, 1.807) is 42.6 Å². The van der Waals surface area contributed by atoms with Gasteiger partial charge in [0.25, 0.3) is 0 Å². The van der Waals surface area contributed by atoms with Gasteiger partial charge in [0.2, 0.25) is 5.91 Å². The molecule has 0 aliphatic carbocycles. The molecule has 1 unspecified atom stereocenters. The number of ketones is 1. The van der Waals surface area contributed by atoms with Crippen LogP contribution in [-0.2, 0) is 4.79 Å². The number of carbonyl (C=O) groups excluding carboxylic acids is 2. The van der Waals surface area contributed by atoms with Crippen LogP contribution in [0.1, 0.15) is 33.2 Å². The summed E-state index contributed by atoms with van der Waals surface area (Å²) in [4.78, 5) is 30.1. The van der Waals surface area contributed by atoms with Gasteiger partial charge in [0.1, 0.15) is 0 Å². The molecule has 1 heterocycles. The number of nitrogens with one attached hydrogen (secondary N) is 2. The fraction of sp³-hybridized carbons (Fsp3) is 0.0741. The van der Waals surface area contributed by atoms with Crippen molar-refractivity contribution in [3.8, 4) is 0 Å². The van der Waals surface area contributed by atoms with E-state index in [1.807, 2.05) is 66.7 Å². The number of amides is 1. The highest BCUT2D eigenvalue weighted by Crippen LogP contribution is 2.21. The average molecular weight is 422 g/mol. The molecule has 0 radical (unpaired) electrons. The second-order valence-electron chi connectivity index (χ2n) is 7.27. The molecule has 32 heavy (non-hydrogen) atoms. The molecule has 4 aromatic rings. The summed E-state index contributed by atoms with van der Waals surface area (Å²) < 4.78 is 0. The minimum atomic E-state index is -0.241. The van der Waals surface area contributed by atoms with Crippen LogP contribution in [0.2, 0.25) is 0 Å². The van der Waals surface area contributed by atoms with Crippen molar-refractivity contribution in [2.45, 2.75) is 6.04 Å². The van der Waals surface area contributed by atoms with Crippen molar-refractivity contribution < 1.29 is 9.59 Å². The summed E-state index contributed by atoms with van der Waals surface area (Å²) in [5.41, 5.74) is 3.36. The number of carbonyl (C=O) groups is 2. The Morgan fingerprint density at radius 3 is 2.12 bits per heavy atom. The van der Waals surface area contributed by atoms with Gasteiger partial charge in [-0.1, -0.05) is 78.9 Å². The zero-order valence-corrected chi connectivity index (χ0v) is 17.4. The molecule has 5 heteroatoms. The van der Waals surface area contributed by atoms with E-state index >= 15 is 0 Å². The van der Waals surface area contributed by atoms with Gasteiger partial charge in [-0.25, -0.2) is 0 Å². The van der Waals surface area contributed by atoms with Crippen LogP contribution >= 0.6 is 0 Å². The Morgan fingerprint density at radius 2 is 1.41 bits per heavy atom. The fourth-order valence-corrected chi connectivity index (χ4v) is 3.51. The van der Waals surface area contributed by atoms with Gasteiger partial charge in [-0.2, -0.15) is 0 Å². The lowest BCUT2D eigenvalue weighted by Crippen LogP contribution is -2.32. The molecule has 3 aromatic carbocycles. The highest BCUT2D eigenvalue weighted by Gasteiger charge is 2.18. The minimum absolute atomic E-state index is 0.0595. The first-order valence-electron chi connectivity index (χ1n) is 10.4. The van der Waals surface area contributed by atoms with E-state index in [-0.39, 0.29) is 24.3 Å². The third-order valence-electron chi connectivity index (χ3n) is 5.06. The maximum Gasteiger partial charge on any atom is 0.238 e. The van der Waals surface area contributed by atoms with Crippen LogP contribution < -0.4 is 10.6 Å². The van der Waals surface area contributed by atoms with E-state index < -0.39 is 0 Å².